The third-order valence-electron chi connectivity index (χ3n) is 4.09. The number of hydrogen-bond acceptors (Lipinski definition) is 3. The number of benzene rings is 2. The minimum atomic E-state index is -1.40. The molecule has 108 valence electrons. The maximum Gasteiger partial charge on any atom is 0.330 e. The second kappa shape index (κ2) is 5.22. The van der Waals surface area contributed by atoms with Crippen molar-refractivity contribution in [3.05, 3.63) is 65.7 Å². The molecule has 3 rings (SSSR count). The van der Waals surface area contributed by atoms with Crippen LogP contribution in [0.3, 0.4) is 0 Å². The van der Waals surface area contributed by atoms with E-state index in [1.54, 1.807) is 12.1 Å². The number of nitrogens with zero attached hydrogens (tertiary/aromatic N) is 1. The number of para-hydroxylation sites is 1. The first-order valence-electron chi connectivity index (χ1n) is 7.02. The van der Waals surface area contributed by atoms with E-state index in [-0.39, 0.29) is 6.54 Å². The molecule has 1 heterocycles. The molecule has 0 aliphatic carbocycles. The molecule has 3 N–H and O–H groups in total. The van der Waals surface area contributed by atoms with E-state index in [9.17, 15) is 9.90 Å². The number of fused-ring (bicyclic) bond motifs is 1. The molecule has 1 aliphatic rings. The lowest BCUT2D eigenvalue weighted by atomic mass is 9.90. The molecule has 1 aliphatic heterocycles. The van der Waals surface area contributed by atoms with E-state index in [2.05, 4.69) is 11.0 Å². The number of anilines is 1. The van der Waals surface area contributed by atoms with Crippen molar-refractivity contribution in [3.63, 3.8) is 0 Å². The van der Waals surface area contributed by atoms with Crippen molar-refractivity contribution in [2.45, 2.75) is 12.0 Å². The monoisotopic (exact) mass is 282 g/mol. The standard InChI is InChI=1S/C17H18N2O2/c18-17(16(20)21,14-7-2-1-3-8-14)12-19-11-10-13-6-4-5-9-15(13)19/h1-9H,10-12,18H2,(H,20,21). The molecule has 4 nitrogen and oxygen atoms in total. The third kappa shape index (κ3) is 2.38. The summed E-state index contributed by atoms with van der Waals surface area (Å²) < 4.78 is 0. The van der Waals surface area contributed by atoms with Crippen LogP contribution in [-0.2, 0) is 16.8 Å². The lowest BCUT2D eigenvalue weighted by Gasteiger charge is -2.31. The third-order valence-corrected chi connectivity index (χ3v) is 4.09. The van der Waals surface area contributed by atoms with Crippen LogP contribution in [0.5, 0.6) is 0 Å². The van der Waals surface area contributed by atoms with Crippen molar-refractivity contribution in [3.8, 4) is 0 Å². The van der Waals surface area contributed by atoms with Gasteiger partial charge in [0, 0.05) is 12.2 Å². The van der Waals surface area contributed by atoms with Crippen molar-refractivity contribution >= 4 is 11.7 Å². The van der Waals surface area contributed by atoms with Gasteiger partial charge in [0.25, 0.3) is 0 Å². The molecule has 1 atom stereocenters. The second-order valence-corrected chi connectivity index (χ2v) is 5.44. The van der Waals surface area contributed by atoms with Crippen LogP contribution in [-0.4, -0.2) is 24.2 Å². The van der Waals surface area contributed by atoms with Crippen LogP contribution >= 0.6 is 0 Å². The van der Waals surface area contributed by atoms with Crippen molar-refractivity contribution in [1.82, 2.24) is 0 Å². The van der Waals surface area contributed by atoms with Gasteiger partial charge in [0.2, 0.25) is 0 Å². The van der Waals surface area contributed by atoms with Crippen LogP contribution in [0.4, 0.5) is 5.69 Å². The quantitative estimate of drug-likeness (QED) is 0.900. The van der Waals surface area contributed by atoms with Gasteiger partial charge in [-0.15, -0.1) is 0 Å². The van der Waals surface area contributed by atoms with E-state index in [4.69, 9.17) is 5.73 Å². The van der Waals surface area contributed by atoms with E-state index in [0.717, 1.165) is 18.7 Å². The molecular formula is C17H18N2O2. The zero-order valence-electron chi connectivity index (χ0n) is 11.7. The summed E-state index contributed by atoms with van der Waals surface area (Å²) in [5, 5.41) is 9.64. The summed E-state index contributed by atoms with van der Waals surface area (Å²) in [6.45, 7) is 1.07. The van der Waals surface area contributed by atoms with Gasteiger partial charge in [-0.05, 0) is 23.6 Å². The Morgan fingerprint density at radius 1 is 1.14 bits per heavy atom. The summed E-state index contributed by atoms with van der Waals surface area (Å²) in [5.41, 5.74) is 7.82. The largest absolute Gasteiger partial charge is 0.480 e. The highest BCUT2D eigenvalue weighted by molar-refractivity contribution is 5.82. The normalized spacial score (nSPS) is 16.3. The summed E-state index contributed by atoms with van der Waals surface area (Å²) in [6.07, 6.45) is 0.931. The topological polar surface area (TPSA) is 66.6 Å². The van der Waals surface area contributed by atoms with Crippen LogP contribution in [0.2, 0.25) is 0 Å². The van der Waals surface area contributed by atoms with E-state index in [1.165, 1.54) is 5.56 Å². The zero-order chi connectivity index (χ0) is 14.9. The minimum absolute atomic E-state index is 0.267. The van der Waals surface area contributed by atoms with Gasteiger partial charge in [0.1, 0.15) is 0 Å². The first kappa shape index (κ1) is 13.6. The Morgan fingerprint density at radius 3 is 2.52 bits per heavy atom. The molecule has 0 aromatic heterocycles. The molecule has 2 aromatic carbocycles. The summed E-state index contributed by atoms with van der Waals surface area (Å²) in [5.74, 6) is -1.00. The molecule has 2 aromatic rings. The second-order valence-electron chi connectivity index (χ2n) is 5.44. The smallest absolute Gasteiger partial charge is 0.330 e. The van der Waals surface area contributed by atoms with Gasteiger partial charge in [-0.2, -0.15) is 0 Å². The first-order chi connectivity index (χ1) is 10.1. The maximum atomic E-state index is 11.8. The Morgan fingerprint density at radius 2 is 1.81 bits per heavy atom. The molecule has 0 fully saturated rings. The average Bonchev–Trinajstić information content (AvgIpc) is 2.91. The van der Waals surface area contributed by atoms with Gasteiger partial charge in [0.05, 0.1) is 6.54 Å². The fourth-order valence-electron chi connectivity index (χ4n) is 2.89. The molecule has 1 unspecified atom stereocenters. The highest BCUT2D eigenvalue weighted by atomic mass is 16.4. The number of carboxylic acid groups (broad SMARTS) is 1. The van der Waals surface area contributed by atoms with Crippen LogP contribution in [0, 0.1) is 0 Å². The lowest BCUT2D eigenvalue weighted by molar-refractivity contribution is -0.143. The van der Waals surface area contributed by atoms with E-state index in [0.29, 0.717) is 5.56 Å². The van der Waals surface area contributed by atoms with Crippen molar-refractivity contribution in [2.75, 3.05) is 18.0 Å². The Labute approximate surface area is 123 Å². The Kier molecular flexibility index (Phi) is 3.39. The van der Waals surface area contributed by atoms with E-state index in [1.807, 2.05) is 36.4 Å². The van der Waals surface area contributed by atoms with Crippen molar-refractivity contribution in [2.24, 2.45) is 5.73 Å². The van der Waals surface area contributed by atoms with Crippen LogP contribution in [0.15, 0.2) is 54.6 Å². The predicted molar refractivity (Wildman–Crippen MR) is 82.3 cm³/mol. The molecule has 21 heavy (non-hydrogen) atoms. The minimum Gasteiger partial charge on any atom is -0.480 e. The zero-order valence-corrected chi connectivity index (χ0v) is 11.7. The fourth-order valence-corrected chi connectivity index (χ4v) is 2.89. The van der Waals surface area contributed by atoms with Gasteiger partial charge in [-0.3, -0.25) is 0 Å². The van der Waals surface area contributed by atoms with Gasteiger partial charge >= 0.3 is 5.97 Å². The molecule has 0 spiro atoms. The molecule has 0 radical (unpaired) electrons. The van der Waals surface area contributed by atoms with Crippen molar-refractivity contribution < 1.29 is 9.90 Å². The Hall–Kier alpha value is -2.33. The summed E-state index contributed by atoms with van der Waals surface area (Å²) in [4.78, 5) is 13.8. The van der Waals surface area contributed by atoms with Crippen LogP contribution in [0.1, 0.15) is 11.1 Å². The summed E-state index contributed by atoms with van der Waals surface area (Å²) in [6, 6.07) is 17.1. The number of rotatable bonds is 4. The SMILES string of the molecule is NC(CN1CCc2ccccc21)(C(=O)O)c1ccccc1. The summed E-state index contributed by atoms with van der Waals surface area (Å²) >= 11 is 0. The Bertz CT molecular complexity index is 657. The fraction of sp³-hybridized carbons (Fsp3) is 0.235. The predicted octanol–water partition coefficient (Wildman–Crippen LogP) is 1.99. The molecule has 0 bridgehead atoms. The average molecular weight is 282 g/mol. The van der Waals surface area contributed by atoms with Crippen LogP contribution in [0.25, 0.3) is 0 Å². The molecule has 0 saturated heterocycles. The lowest BCUT2D eigenvalue weighted by Crippen LogP contribution is -2.53. The maximum absolute atomic E-state index is 11.8. The number of carbonyl (C=O) groups is 1. The number of hydrogen-bond donors (Lipinski definition) is 2. The molecule has 0 saturated carbocycles. The first-order valence-corrected chi connectivity index (χ1v) is 7.02. The highest BCUT2D eigenvalue weighted by Crippen LogP contribution is 2.30. The van der Waals surface area contributed by atoms with E-state index >= 15 is 0 Å². The van der Waals surface area contributed by atoms with E-state index < -0.39 is 11.5 Å². The number of nitrogens with two attached hydrogens (primary N) is 1. The molecular weight excluding hydrogens is 264 g/mol. The van der Waals surface area contributed by atoms with Crippen molar-refractivity contribution in [1.29, 1.82) is 0 Å². The van der Waals surface area contributed by atoms with Gasteiger partial charge < -0.3 is 15.7 Å². The van der Waals surface area contributed by atoms with Gasteiger partial charge in [0.15, 0.2) is 5.54 Å². The molecule has 4 heteroatoms. The summed E-state index contributed by atoms with van der Waals surface area (Å²) in [7, 11) is 0. The van der Waals surface area contributed by atoms with Gasteiger partial charge in [-0.25, -0.2) is 4.79 Å². The van der Waals surface area contributed by atoms with Gasteiger partial charge in [-0.1, -0.05) is 48.5 Å². The highest BCUT2D eigenvalue weighted by Gasteiger charge is 2.39. The number of aliphatic carboxylic acids is 1. The molecule has 0 amide bonds. The van der Waals surface area contributed by atoms with Crippen LogP contribution < -0.4 is 10.6 Å². The Balaban J connectivity index is 1.93. The number of carboxylic acids is 1.